The molecule has 0 saturated carbocycles. The van der Waals surface area contributed by atoms with Crippen molar-refractivity contribution in [3.8, 4) is 5.69 Å². The Balaban J connectivity index is 1.80. The molecular weight excluding hydrogens is 437 g/mol. The average molecular weight is 453 g/mol. The molecule has 2 amide bonds. The van der Waals surface area contributed by atoms with E-state index < -0.39 is 17.6 Å². The van der Waals surface area contributed by atoms with Gasteiger partial charge in [-0.25, -0.2) is 9.67 Å². The van der Waals surface area contributed by atoms with Gasteiger partial charge in [-0.15, -0.1) is 0 Å². The van der Waals surface area contributed by atoms with Crippen LogP contribution in [-0.2, 0) is 15.8 Å². The molecule has 0 aliphatic heterocycles. The van der Waals surface area contributed by atoms with Gasteiger partial charge < -0.3 is 16.0 Å². The molecule has 3 rings (SSSR count). The molecule has 0 radical (unpaired) electrons. The standard InChI is InChI=1S/C19H16ClF3N6O2/c1-11(30)27-14-4-3-13(20)7-15(14)25-8-18(31)28-16-6-12(19(21,22)23)2-5-17(16)29-10-24-9-26-29/h2-7,9-10,25H,8H2,1H3,(H,27,30)(H,28,31). The quantitative estimate of drug-likeness (QED) is 0.526. The van der Waals surface area contributed by atoms with Gasteiger partial charge in [-0.2, -0.15) is 18.3 Å². The number of aromatic nitrogens is 3. The van der Waals surface area contributed by atoms with Crippen LogP contribution < -0.4 is 16.0 Å². The first kappa shape index (κ1) is 22.1. The van der Waals surface area contributed by atoms with E-state index in [-0.39, 0.29) is 23.8 Å². The molecule has 1 aromatic heterocycles. The monoisotopic (exact) mass is 452 g/mol. The number of nitrogens with one attached hydrogen (secondary N) is 3. The Kier molecular flexibility index (Phi) is 6.44. The van der Waals surface area contributed by atoms with Crippen molar-refractivity contribution in [3.05, 3.63) is 59.6 Å². The van der Waals surface area contributed by atoms with Crippen LogP contribution in [0.5, 0.6) is 0 Å². The highest BCUT2D eigenvalue weighted by atomic mass is 35.5. The fourth-order valence-electron chi connectivity index (χ4n) is 2.68. The molecule has 31 heavy (non-hydrogen) atoms. The summed E-state index contributed by atoms with van der Waals surface area (Å²) in [5, 5.41) is 12.1. The topological polar surface area (TPSA) is 101 Å². The van der Waals surface area contributed by atoms with Crippen LogP contribution >= 0.6 is 11.6 Å². The Morgan fingerprint density at radius 3 is 2.48 bits per heavy atom. The highest BCUT2D eigenvalue weighted by molar-refractivity contribution is 6.31. The number of rotatable bonds is 6. The second kappa shape index (κ2) is 9.04. The second-order valence-corrected chi connectivity index (χ2v) is 6.78. The van der Waals surface area contributed by atoms with E-state index in [1.165, 1.54) is 36.4 Å². The van der Waals surface area contributed by atoms with Crippen molar-refractivity contribution in [1.29, 1.82) is 0 Å². The van der Waals surface area contributed by atoms with E-state index in [0.29, 0.717) is 16.4 Å². The third-order valence-corrected chi connectivity index (χ3v) is 4.23. The van der Waals surface area contributed by atoms with Crippen LogP contribution in [0.2, 0.25) is 5.02 Å². The van der Waals surface area contributed by atoms with Gasteiger partial charge in [-0.05, 0) is 36.4 Å². The number of carbonyl (C=O) groups excluding carboxylic acids is 2. The van der Waals surface area contributed by atoms with Crippen LogP contribution in [0, 0.1) is 0 Å². The van der Waals surface area contributed by atoms with Crippen LogP contribution in [0.4, 0.5) is 30.2 Å². The van der Waals surface area contributed by atoms with Crippen molar-refractivity contribution in [1.82, 2.24) is 14.8 Å². The van der Waals surface area contributed by atoms with Crippen molar-refractivity contribution >= 4 is 40.5 Å². The number of alkyl halides is 3. The summed E-state index contributed by atoms with van der Waals surface area (Å²) in [7, 11) is 0. The number of nitrogens with zero attached hydrogens (tertiary/aromatic N) is 3. The fourth-order valence-corrected chi connectivity index (χ4v) is 2.85. The third kappa shape index (κ3) is 5.72. The Morgan fingerprint density at radius 1 is 1.06 bits per heavy atom. The molecule has 0 atom stereocenters. The highest BCUT2D eigenvalue weighted by Gasteiger charge is 2.31. The summed E-state index contributed by atoms with van der Waals surface area (Å²) in [6.07, 6.45) is -2.08. The zero-order chi connectivity index (χ0) is 22.6. The predicted octanol–water partition coefficient (Wildman–Crippen LogP) is 3.95. The summed E-state index contributed by atoms with van der Waals surface area (Å²) < 4.78 is 40.6. The van der Waals surface area contributed by atoms with E-state index in [9.17, 15) is 22.8 Å². The molecule has 8 nitrogen and oxygen atoms in total. The largest absolute Gasteiger partial charge is 0.416 e. The summed E-state index contributed by atoms with van der Waals surface area (Å²) in [6.45, 7) is 1.02. The number of halogens is 4. The molecule has 0 bridgehead atoms. The number of hydrogen-bond donors (Lipinski definition) is 3. The molecule has 3 aromatic rings. The van der Waals surface area contributed by atoms with E-state index in [2.05, 4.69) is 26.0 Å². The fraction of sp³-hybridized carbons (Fsp3) is 0.158. The first-order valence-electron chi connectivity index (χ1n) is 8.80. The van der Waals surface area contributed by atoms with Gasteiger partial charge in [0.25, 0.3) is 0 Å². The van der Waals surface area contributed by atoms with E-state index >= 15 is 0 Å². The van der Waals surface area contributed by atoms with Crippen LogP contribution in [-0.4, -0.2) is 33.1 Å². The number of amides is 2. The first-order chi connectivity index (χ1) is 14.6. The lowest BCUT2D eigenvalue weighted by Gasteiger charge is -2.16. The van der Waals surface area contributed by atoms with Crippen LogP contribution in [0.3, 0.4) is 0 Å². The molecule has 0 saturated heterocycles. The van der Waals surface area contributed by atoms with Gasteiger partial charge in [0.2, 0.25) is 11.8 Å². The summed E-state index contributed by atoms with van der Waals surface area (Å²) in [5.74, 6) is -0.953. The second-order valence-electron chi connectivity index (χ2n) is 6.34. The van der Waals surface area contributed by atoms with Gasteiger partial charge in [-0.1, -0.05) is 11.6 Å². The maximum Gasteiger partial charge on any atom is 0.416 e. The van der Waals surface area contributed by atoms with Gasteiger partial charge in [0.15, 0.2) is 0 Å². The minimum Gasteiger partial charge on any atom is -0.374 e. The number of carbonyl (C=O) groups is 2. The van der Waals surface area contributed by atoms with Gasteiger partial charge in [0, 0.05) is 11.9 Å². The lowest BCUT2D eigenvalue weighted by molar-refractivity contribution is -0.137. The Hall–Kier alpha value is -3.60. The maximum absolute atomic E-state index is 13.1. The lowest BCUT2D eigenvalue weighted by Crippen LogP contribution is -2.23. The van der Waals surface area contributed by atoms with E-state index in [1.54, 1.807) is 12.1 Å². The Bertz CT molecular complexity index is 1100. The van der Waals surface area contributed by atoms with E-state index in [4.69, 9.17) is 11.6 Å². The zero-order valence-electron chi connectivity index (χ0n) is 16.0. The summed E-state index contributed by atoms with van der Waals surface area (Å²) in [5.41, 5.74) is -0.0475. The molecule has 162 valence electrons. The maximum atomic E-state index is 13.1. The van der Waals surface area contributed by atoms with Gasteiger partial charge in [0.1, 0.15) is 12.7 Å². The minimum absolute atomic E-state index is 0.0969. The number of benzene rings is 2. The molecule has 3 N–H and O–H groups in total. The lowest BCUT2D eigenvalue weighted by atomic mass is 10.1. The Morgan fingerprint density at radius 2 is 1.84 bits per heavy atom. The molecule has 2 aromatic carbocycles. The van der Waals surface area contributed by atoms with Crippen LogP contribution in [0.15, 0.2) is 49.1 Å². The number of hydrogen-bond acceptors (Lipinski definition) is 5. The predicted molar refractivity (Wildman–Crippen MR) is 109 cm³/mol. The zero-order valence-corrected chi connectivity index (χ0v) is 16.8. The van der Waals surface area contributed by atoms with Crippen molar-refractivity contribution in [2.75, 3.05) is 22.5 Å². The summed E-state index contributed by atoms with van der Waals surface area (Å²) in [4.78, 5) is 27.6. The van der Waals surface area contributed by atoms with Crippen molar-refractivity contribution in [2.24, 2.45) is 0 Å². The molecule has 1 heterocycles. The first-order valence-corrected chi connectivity index (χ1v) is 9.18. The molecule has 12 heteroatoms. The molecule has 0 unspecified atom stereocenters. The van der Waals surface area contributed by atoms with Gasteiger partial charge in [-0.3, -0.25) is 9.59 Å². The van der Waals surface area contributed by atoms with Gasteiger partial charge in [0.05, 0.1) is 34.9 Å². The number of anilines is 3. The van der Waals surface area contributed by atoms with Gasteiger partial charge >= 0.3 is 6.18 Å². The molecular formula is C19H16ClF3N6O2. The van der Waals surface area contributed by atoms with Crippen molar-refractivity contribution in [3.63, 3.8) is 0 Å². The summed E-state index contributed by atoms with van der Waals surface area (Å²) in [6, 6.07) is 7.51. The van der Waals surface area contributed by atoms with Crippen molar-refractivity contribution < 1.29 is 22.8 Å². The SMILES string of the molecule is CC(=O)Nc1ccc(Cl)cc1NCC(=O)Nc1cc(C(F)(F)F)ccc1-n1cncn1. The van der Waals surface area contributed by atoms with Crippen LogP contribution in [0.25, 0.3) is 5.69 Å². The Labute approximate surface area is 179 Å². The van der Waals surface area contributed by atoms with E-state index in [1.807, 2.05) is 0 Å². The van der Waals surface area contributed by atoms with E-state index in [0.717, 1.165) is 12.1 Å². The molecule has 0 fully saturated rings. The molecule has 0 spiro atoms. The smallest absolute Gasteiger partial charge is 0.374 e. The molecule has 0 aliphatic rings. The molecule has 0 aliphatic carbocycles. The minimum atomic E-state index is -4.59. The van der Waals surface area contributed by atoms with Crippen LogP contribution in [0.1, 0.15) is 12.5 Å². The van der Waals surface area contributed by atoms with Crippen molar-refractivity contribution in [2.45, 2.75) is 13.1 Å². The normalized spacial score (nSPS) is 11.1. The third-order valence-electron chi connectivity index (χ3n) is 4.00. The average Bonchev–Trinajstić information content (AvgIpc) is 3.21. The highest BCUT2D eigenvalue weighted by Crippen LogP contribution is 2.33. The summed E-state index contributed by atoms with van der Waals surface area (Å²) >= 11 is 5.96.